The molecule has 0 radical (unpaired) electrons. The van der Waals surface area contributed by atoms with Crippen molar-refractivity contribution in [1.82, 2.24) is 4.98 Å². The lowest BCUT2D eigenvalue weighted by Crippen LogP contribution is -2.17. The van der Waals surface area contributed by atoms with Crippen molar-refractivity contribution >= 4 is 15.4 Å². The molecular weight excluding hydrogens is 347 g/mol. The molecule has 1 heterocycles. The van der Waals surface area contributed by atoms with Gasteiger partial charge in [0, 0.05) is 12.3 Å². The van der Waals surface area contributed by atoms with E-state index in [0.29, 0.717) is 6.20 Å². The summed E-state index contributed by atoms with van der Waals surface area (Å²) in [7, 11) is -9.55. The minimum Gasteiger partial charge on any atom is -0.228 e. The summed E-state index contributed by atoms with van der Waals surface area (Å²) in [5.41, 5.74) is -1.86. The predicted octanol–water partition coefficient (Wildman–Crippen LogP) is 6.05. The van der Waals surface area contributed by atoms with E-state index in [2.05, 4.69) is 4.98 Å². The molecule has 0 unspecified atom stereocenters. The lowest BCUT2D eigenvalue weighted by Gasteiger charge is -2.48. The van der Waals surface area contributed by atoms with Crippen molar-refractivity contribution in [2.45, 2.75) is 10.8 Å². The molecule has 0 saturated carbocycles. The van der Waals surface area contributed by atoms with Crippen LogP contribution in [0.5, 0.6) is 0 Å². The molecule has 0 atom stereocenters. The normalized spacial score (nSPS) is 20.0. The number of allylic oxidation sites excluding steroid dienone is 2. The number of halogens is 7. The molecule has 1 aromatic carbocycles. The van der Waals surface area contributed by atoms with Crippen molar-refractivity contribution < 1.29 is 28.7 Å². The average Bonchev–Trinajstić information content (AvgIpc) is 3.04. The van der Waals surface area contributed by atoms with Gasteiger partial charge < -0.3 is 0 Å². The first-order chi connectivity index (χ1) is 10.4. The Labute approximate surface area is 125 Å². The number of alkyl halides is 2. The van der Waals surface area contributed by atoms with Gasteiger partial charge in [-0.2, -0.15) is 13.2 Å². The van der Waals surface area contributed by atoms with Crippen LogP contribution >= 0.6 is 9.84 Å². The highest BCUT2D eigenvalue weighted by molar-refractivity contribution is 8.53. The summed E-state index contributed by atoms with van der Waals surface area (Å²) < 4.78 is 98.1. The second-order valence-electron chi connectivity index (χ2n) is 5.03. The molecule has 1 aliphatic carbocycles. The van der Waals surface area contributed by atoms with Gasteiger partial charge in [-0.15, -0.1) is 15.5 Å². The summed E-state index contributed by atoms with van der Waals surface area (Å²) in [4.78, 5) is -1.73. The number of nitrogens with zero attached hydrogens (tertiary/aromatic N) is 1. The van der Waals surface area contributed by atoms with E-state index in [4.69, 9.17) is 0 Å². The van der Waals surface area contributed by atoms with Crippen LogP contribution in [0.4, 0.5) is 28.7 Å². The van der Waals surface area contributed by atoms with Crippen LogP contribution in [-0.2, 0) is 0 Å². The van der Waals surface area contributed by atoms with Crippen LogP contribution in [0.15, 0.2) is 58.5 Å². The van der Waals surface area contributed by atoms with E-state index in [-0.39, 0.29) is 12.1 Å². The number of pyridine rings is 1. The number of hydrogen-bond acceptors (Lipinski definition) is 1. The van der Waals surface area contributed by atoms with Crippen LogP contribution in [0, 0.1) is 5.95 Å². The van der Waals surface area contributed by atoms with Gasteiger partial charge in [-0.05, 0) is 11.6 Å². The Kier molecular flexibility index (Phi) is 2.68. The zero-order chi connectivity index (χ0) is 17.2. The minimum absolute atomic E-state index is 0.147. The van der Waals surface area contributed by atoms with Crippen molar-refractivity contribution in [2.24, 2.45) is 0 Å². The molecular formula is C14H8F7NS. The Morgan fingerprint density at radius 3 is 2.09 bits per heavy atom. The van der Waals surface area contributed by atoms with Gasteiger partial charge in [0.05, 0.1) is 10.5 Å². The average molecular weight is 355 g/mol. The van der Waals surface area contributed by atoms with Gasteiger partial charge in [-0.25, -0.2) is 4.98 Å². The third-order valence-corrected chi connectivity index (χ3v) is 5.89. The molecule has 23 heavy (non-hydrogen) atoms. The molecule has 9 heteroatoms. The maximum atomic E-state index is 14.4. The summed E-state index contributed by atoms with van der Waals surface area (Å²) in [5, 5.41) is 0. The topological polar surface area (TPSA) is 12.9 Å². The first kappa shape index (κ1) is 15.9. The molecule has 0 N–H and O–H groups in total. The SMILES string of the molecule is Fc1cc(S(F)(F)(F)(F)C2=C(c3ccccc3)C2(F)F)ccn1. The Balaban J connectivity index is 2.28. The van der Waals surface area contributed by atoms with Crippen LogP contribution < -0.4 is 0 Å². The maximum Gasteiger partial charge on any atom is 0.312 e. The molecule has 0 aliphatic heterocycles. The van der Waals surface area contributed by atoms with Gasteiger partial charge in [0.15, 0.2) is 0 Å². The highest BCUT2D eigenvalue weighted by Crippen LogP contribution is 3.09. The van der Waals surface area contributed by atoms with Gasteiger partial charge in [-0.1, -0.05) is 30.3 Å². The third-order valence-electron chi connectivity index (χ3n) is 3.41. The highest BCUT2D eigenvalue weighted by Gasteiger charge is 2.83. The predicted molar refractivity (Wildman–Crippen MR) is 72.8 cm³/mol. The highest BCUT2D eigenvalue weighted by atomic mass is 32.5. The summed E-state index contributed by atoms with van der Waals surface area (Å²) in [5.74, 6) is -6.07. The molecule has 3 rings (SSSR count). The largest absolute Gasteiger partial charge is 0.312 e. The molecule has 1 nitrogen and oxygen atoms in total. The molecule has 2 aromatic rings. The molecule has 1 aliphatic rings. The van der Waals surface area contributed by atoms with Gasteiger partial charge in [0.2, 0.25) is 15.8 Å². The summed E-state index contributed by atoms with van der Waals surface area (Å²) in [6.45, 7) is 0. The standard InChI is InChI=1S/C14H8F7NS/c15-11-8-10(6-7-22-11)23(18,19,20,21)13-12(14(13,16)17)9-4-2-1-3-5-9/h1-8H. The Hall–Kier alpha value is -2.03. The first-order valence-electron chi connectivity index (χ1n) is 6.18. The van der Waals surface area contributed by atoms with E-state index in [1.807, 2.05) is 0 Å². The summed E-state index contributed by atoms with van der Waals surface area (Å²) in [6, 6.07) is 5.92. The summed E-state index contributed by atoms with van der Waals surface area (Å²) >= 11 is 0. The van der Waals surface area contributed by atoms with E-state index in [9.17, 15) is 28.7 Å². The van der Waals surface area contributed by atoms with Crippen molar-refractivity contribution in [3.8, 4) is 0 Å². The molecule has 1 aromatic heterocycles. The van der Waals surface area contributed by atoms with E-state index in [0.717, 1.165) is 12.1 Å². The second-order valence-corrected chi connectivity index (χ2v) is 8.05. The van der Waals surface area contributed by atoms with Crippen LogP contribution in [0.1, 0.15) is 5.56 Å². The fraction of sp³-hybridized carbons (Fsp3) is 0.0714. The second kappa shape index (κ2) is 3.89. The molecule has 124 valence electrons. The fourth-order valence-electron chi connectivity index (χ4n) is 2.35. The number of rotatable bonds is 3. The monoisotopic (exact) mass is 355 g/mol. The lowest BCUT2D eigenvalue weighted by molar-refractivity contribution is 0.152. The molecule has 0 saturated heterocycles. The van der Waals surface area contributed by atoms with Crippen LogP contribution in [0.3, 0.4) is 0 Å². The smallest absolute Gasteiger partial charge is 0.228 e. The number of aromatic nitrogens is 1. The van der Waals surface area contributed by atoms with Gasteiger partial charge in [0.1, 0.15) is 4.91 Å². The van der Waals surface area contributed by atoms with E-state index in [1.54, 1.807) is 0 Å². The van der Waals surface area contributed by atoms with Crippen LogP contribution in [0.25, 0.3) is 5.57 Å². The zero-order valence-corrected chi connectivity index (χ0v) is 11.9. The van der Waals surface area contributed by atoms with Crippen LogP contribution in [-0.4, -0.2) is 10.9 Å². The van der Waals surface area contributed by atoms with E-state index in [1.165, 1.54) is 18.2 Å². The third kappa shape index (κ3) is 2.21. The summed E-state index contributed by atoms with van der Waals surface area (Å²) in [6.07, 6.45) is 0.381. The van der Waals surface area contributed by atoms with Crippen molar-refractivity contribution in [3.05, 3.63) is 65.1 Å². The van der Waals surface area contributed by atoms with Crippen molar-refractivity contribution in [1.29, 1.82) is 0 Å². The molecule has 0 spiro atoms. The van der Waals surface area contributed by atoms with Crippen molar-refractivity contribution in [3.63, 3.8) is 0 Å². The quantitative estimate of drug-likeness (QED) is 0.482. The molecule has 0 bridgehead atoms. The Morgan fingerprint density at radius 2 is 1.52 bits per heavy atom. The minimum atomic E-state index is -9.55. The van der Waals surface area contributed by atoms with Crippen LogP contribution in [0.2, 0.25) is 0 Å². The first-order valence-corrected chi connectivity index (χ1v) is 8.24. The van der Waals surface area contributed by atoms with Crippen molar-refractivity contribution in [2.75, 3.05) is 0 Å². The number of benzene rings is 1. The maximum absolute atomic E-state index is 14.4. The van der Waals surface area contributed by atoms with Gasteiger partial charge >= 0.3 is 5.92 Å². The molecule has 0 amide bonds. The fourth-order valence-corrected chi connectivity index (χ4v) is 4.48. The zero-order valence-electron chi connectivity index (χ0n) is 11.1. The lowest BCUT2D eigenvalue weighted by atomic mass is 10.2. The van der Waals surface area contributed by atoms with Gasteiger partial charge in [-0.3, -0.25) is 0 Å². The van der Waals surface area contributed by atoms with E-state index >= 15 is 0 Å². The van der Waals surface area contributed by atoms with Gasteiger partial charge in [0.25, 0.3) is 0 Å². The Morgan fingerprint density at radius 1 is 0.913 bits per heavy atom. The van der Waals surface area contributed by atoms with E-state index < -0.39 is 42.6 Å². The Bertz CT molecular complexity index is 839. The molecule has 0 fully saturated rings. The number of hydrogen-bond donors (Lipinski definition) is 0.